The molecule has 2 aromatic heterocycles. The van der Waals surface area contributed by atoms with Crippen molar-refractivity contribution in [2.75, 3.05) is 0 Å². The zero-order valence-corrected chi connectivity index (χ0v) is 10.6. The summed E-state index contributed by atoms with van der Waals surface area (Å²) in [4.78, 5) is 12.6. The molecule has 0 fully saturated rings. The van der Waals surface area contributed by atoms with Crippen molar-refractivity contribution in [3.63, 3.8) is 0 Å². The molecule has 7 heteroatoms. The number of nitrogens with zero attached hydrogens (tertiary/aromatic N) is 4. The predicted molar refractivity (Wildman–Crippen MR) is 65.2 cm³/mol. The van der Waals surface area contributed by atoms with Crippen molar-refractivity contribution in [1.29, 1.82) is 0 Å². The van der Waals surface area contributed by atoms with Crippen LogP contribution in [0.5, 0.6) is 0 Å². The topological polar surface area (TPSA) is 80.9 Å². The number of tetrazole rings is 1. The van der Waals surface area contributed by atoms with Crippen molar-refractivity contribution in [2.24, 2.45) is 5.92 Å². The summed E-state index contributed by atoms with van der Waals surface area (Å²) in [5.41, 5.74) is 1.34. The summed E-state index contributed by atoms with van der Waals surface area (Å²) in [5, 5.41) is 20.9. The van der Waals surface area contributed by atoms with Crippen molar-refractivity contribution in [1.82, 2.24) is 20.2 Å². The molecule has 0 spiro atoms. The molecule has 94 valence electrons. The van der Waals surface area contributed by atoms with Gasteiger partial charge < -0.3 is 5.11 Å². The van der Waals surface area contributed by atoms with Gasteiger partial charge in [-0.2, -0.15) is 4.68 Å². The highest BCUT2D eigenvalue weighted by atomic mass is 32.1. The van der Waals surface area contributed by atoms with E-state index in [1.54, 1.807) is 0 Å². The maximum Gasteiger partial charge on any atom is 0.339 e. The van der Waals surface area contributed by atoms with E-state index < -0.39 is 5.97 Å². The van der Waals surface area contributed by atoms with Crippen LogP contribution in [-0.2, 0) is 12.8 Å². The Labute approximate surface area is 107 Å². The van der Waals surface area contributed by atoms with E-state index in [0.717, 1.165) is 29.7 Å². The van der Waals surface area contributed by atoms with Gasteiger partial charge in [-0.05, 0) is 41.2 Å². The van der Waals surface area contributed by atoms with Crippen molar-refractivity contribution in [3.05, 3.63) is 22.3 Å². The second-order valence-corrected chi connectivity index (χ2v) is 5.68. The van der Waals surface area contributed by atoms with Gasteiger partial charge in [0, 0.05) is 4.88 Å². The van der Waals surface area contributed by atoms with Crippen LogP contribution in [-0.4, -0.2) is 31.3 Å². The summed E-state index contributed by atoms with van der Waals surface area (Å²) in [6.07, 6.45) is 4.26. The number of thiophene rings is 1. The maximum atomic E-state index is 11.5. The fraction of sp³-hybridized carbons (Fsp3) is 0.455. The molecule has 0 aliphatic heterocycles. The number of fused-ring (bicyclic) bond motifs is 1. The number of hydrogen-bond donors (Lipinski definition) is 1. The first-order chi connectivity index (χ1) is 8.66. The SMILES string of the molecule is CC1CCc2c(sc(-n3cnnn3)c2C(=O)O)C1. The highest BCUT2D eigenvalue weighted by Gasteiger charge is 2.28. The minimum atomic E-state index is -0.896. The Hall–Kier alpha value is -1.76. The highest BCUT2D eigenvalue weighted by molar-refractivity contribution is 7.15. The molecule has 0 radical (unpaired) electrons. The lowest BCUT2D eigenvalue weighted by molar-refractivity contribution is 0.0695. The molecule has 1 aliphatic carbocycles. The first-order valence-electron chi connectivity index (χ1n) is 5.78. The lowest BCUT2D eigenvalue weighted by Gasteiger charge is -2.17. The molecule has 0 saturated carbocycles. The van der Waals surface area contributed by atoms with E-state index in [1.807, 2.05) is 0 Å². The fourth-order valence-corrected chi connectivity index (χ4v) is 3.79. The minimum Gasteiger partial charge on any atom is -0.478 e. The molecule has 0 bridgehead atoms. The Kier molecular flexibility index (Phi) is 2.62. The lowest BCUT2D eigenvalue weighted by atomic mass is 9.88. The summed E-state index contributed by atoms with van der Waals surface area (Å²) in [6, 6.07) is 0. The summed E-state index contributed by atoms with van der Waals surface area (Å²) in [5.74, 6) is -0.285. The number of rotatable bonds is 2. The van der Waals surface area contributed by atoms with Crippen LogP contribution in [0.3, 0.4) is 0 Å². The van der Waals surface area contributed by atoms with E-state index in [-0.39, 0.29) is 0 Å². The van der Waals surface area contributed by atoms with Gasteiger partial charge in [-0.15, -0.1) is 16.4 Å². The molecule has 1 atom stereocenters. The van der Waals surface area contributed by atoms with Crippen LogP contribution in [0.4, 0.5) is 0 Å². The summed E-state index contributed by atoms with van der Waals surface area (Å²) in [7, 11) is 0. The van der Waals surface area contributed by atoms with Crippen LogP contribution in [0, 0.1) is 5.92 Å². The summed E-state index contributed by atoms with van der Waals surface area (Å²) < 4.78 is 1.44. The molecule has 2 aromatic rings. The van der Waals surface area contributed by atoms with Crippen LogP contribution in [0.15, 0.2) is 6.33 Å². The molecule has 3 rings (SSSR count). The smallest absolute Gasteiger partial charge is 0.339 e. The van der Waals surface area contributed by atoms with E-state index >= 15 is 0 Å². The number of carboxylic acid groups (broad SMARTS) is 1. The van der Waals surface area contributed by atoms with Gasteiger partial charge in [0.25, 0.3) is 0 Å². The standard InChI is InChI=1S/C11H12N4O2S/c1-6-2-3-7-8(4-6)18-10(9(7)11(16)17)15-5-12-13-14-15/h5-6H,2-4H2,1H3,(H,16,17). The molecular weight excluding hydrogens is 252 g/mol. The first kappa shape index (κ1) is 11.3. The molecular formula is C11H12N4O2S. The monoisotopic (exact) mass is 264 g/mol. The van der Waals surface area contributed by atoms with Crippen LogP contribution in [0.1, 0.15) is 34.1 Å². The third-order valence-corrected chi connectivity index (χ3v) is 4.51. The van der Waals surface area contributed by atoms with Crippen LogP contribution in [0.25, 0.3) is 5.00 Å². The van der Waals surface area contributed by atoms with E-state index in [4.69, 9.17) is 0 Å². The summed E-state index contributed by atoms with van der Waals surface area (Å²) >= 11 is 1.49. The Morgan fingerprint density at radius 1 is 1.61 bits per heavy atom. The average molecular weight is 264 g/mol. The third kappa shape index (κ3) is 1.71. The highest BCUT2D eigenvalue weighted by Crippen LogP contribution is 2.37. The number of hydrogen-bond acceptors (Lipinski definition) is 5. The van der Waals surface area contributed by atoms with Gasteiger partial charge >= 0.3 is 5.97 Å². The second kappa shape index (κ2) is 4.16. The Balaban J connectivity index is 2.17. The van der Waals surface area contributed by atoms with Crippen molar-refractivity contribution < 1.29 is 9.90 Å². The quantitative estimate of drug-likeness (QED) is 0.890. The predicted octanol–water partition coefficient (Wildman–Crippen LogP) is 1.55. The van der Waals surface area contributed by atoms with Gasteiger partial charge in [0.05, 0.1) is 5.56 Å². The normalized spacial score (nSPS) is 18.6. The maximum absolute atomic E-state index is 11.5. The van der Waals surface area contributed by atoms with Gasteiger partial charge in [0.2, 0.25) is 0 Å². The van der Waals surface area contributed by atoms with E-state index in [0.29, 0.717) is 16.5 Å². The van der Waals surface area contributed by atoms with Crippen molar-refractivity contribution in [3.8, 4) is 5.00 Å². The summed E-state index contributed by atoms with van der Waals surface area (Å²) in [6.45, 7) is 2.19. The largest absolute Gasteiger partial charge is 0.478 e. The van der Waals surface area contributed by atoms with Gasteiger partial charge in [0.15, 0.2) is 0 Å². The second-order valence-electron chi connectivity index (χ2n) is 4.59. The third-order valence-electron chi connectivity index (χ3n) is 3.26. The first-order valence-corrected chi connectivity index (χ1v) is 6.59. The van der Waals surface area contributed by atoms with Gasteiger partial charge in [-0.25, -0.2) is 4.79 Å². The van der Waals surface area contributed by atoms with E-state index in [9.17, 15) is 9.90 Å². The zero-order chi connectivity index (χ0) is 12.7. The Morgan fingerprint density at radius 3 is 3.11 bits per heavy atom. The molecule has 2 heterocycles. The van der Waals surface area contributed by atoms with Crippen LogP contribution < -0.4 is 0 Å². The average Bonchev–Trinajstić information content (AvgIpc) is 2.93. The zero-order valence-electron chi connectivity index (χ0n) is 9.83. The van der Waals surface area contributed by atoms with E-state index in [1.165, 1.54) is 22.3 Å². The van der Waals surface area contributed by atoms with Crippen molar-refractivity contribution in [2.45, 2.75) is 26.2 Å². The van der Waals surface area contributed by atoms with Gasteiger partial charge in [-0.1, -0.05) is 6.92 Å². The molecule has 0 amide bonds. The molecule has 1 N–H and O–H groups in total. The molecule has 1 aliphatic rings. The molecule has 1 unspecified atom stereocenters. The molecule has 6 nitrogen and oxygen atoms in total. The number of aromatic nitrogens is 4. The van der Waals surface area contributed by atoms with Gasteiger partial charge in [0.1, 0.15) is 11.3 Å². The lowest BCUT2D eigenvalue weighted by Crippen LogP contribution is -2.12. The minimum absolute atomic E-state index is 0.370. The van der Waals surface area contributed by atoms with Crippen LogP contribution >= 0.6 is 11.3 Å². The van der Waals surface area contributed by atoms with Crippen molar-refractivity contribution >= 4 is 17.3 Å². The molecule has 0 saturated heterocycles. The number of aromatic carboxylic acids is 1. The van der Waals surface area contributed by atoms with Gasteiger partial charge in [-0.3, -0.25) is 0 Å². The molecule has 0 aromatic carbocycles. The van der Waals surface area contributed by atoms with Crippen LogP contribution in [0.2, 0.25) is 0 Å². The number of carbonyl (C=O) groups is 1. The Bertz CT molecular complexity index is 590. The number of carboxylic acids is 1. The Morgan fingerprint density at radius 2 is 2.44 bits per heavy atom. The van der Waals surface area contributed by atoms with E-state index in [2.05, 4.69) is 22.4 Å². The molecule has 18 heavy (non-hydrogen) atoms. The fourth-order valence-electron chi connectivity index (χ4n) is 2.37.